The summed E-state index contributed by atoms with van der Waals surface area (Å²) in [6.07, 6.45) is 1.02. The Labute approximate surface area is 102 Å². The highest BCUT2D eigenvalue weighted by atomic mass is 16.5. The third-order valence-electron chi connectivity index (χ3n) is 3.39. The first-order valence-electron chi connectivity index (χ1n) is 6.02. The monoisotopic (exact) mass is 233 g/mol. The van der Waals surface area contributed by atoms with Crippen molar-refractivity contribution >= 4 is 11.6 Å². The number of anilines is 1. The lowest BCUT2D eigenvalue weighted by Gasteiger charge is -2.39. The number of amides is 1. The van der Waals surface area contributed by atoms with Crippen LogP contribution in [0.4, 0.5) is 5.69 Å². The van der Waals surface area contributed by atoms with Gasteiger partial charge in [0, 0.05) is 12.7 Å². The van der Waals surface area contributed by atoms with Crippen LogP contribution in [0.3, 0.4) is 0 Å². The van der Waals surface area contributed by atoms with E-state index in [1.807, 2.05) is 26.1 Å². The van der Waals surface area contributed by atoms with Crippen LogP contribution < -0.4 is 4.90 Å². The summed E-state index contributed by atoms with van der Waals surface area (Å²) in [6, 6.07) is 8.14. The van der Waals surface area contributed by atoms with Crippen LogP contribution in [0, 0.1) is 5.41 Å². The number of ether oxygens (including phenoxy) is 1. The van der Waals surface area contributed by atoms with E-state index in [-0.39, 0.29) is 11.3 Å². The van der Waals surface area contributed by atoms with Gasteiger partial charge in [0.05, 0.1) is 18.6 Å². The van der Waals surface area contributed by atoms with Crippen LogP contribution in [0.25, 0.3) is 0 Å². The van der Waals surface area contributed by atoms with Crippen molar-refractivity contribution in [2.75, 3.05) is 25.2 Å². The number of carbonyl (C=O) groups is 1. The maximum atomic E-state index is 12.2. The number of aryl methyl sites for hydroxylation is 1. The van der Waals surface area contributed by atoms with E-state index in [0.717, 1.165) is 12.1 Å². The molecule has 92 valence electrons. The fraction of sp³-hybridized carbons (Fsp3) is 0.500. The lowest BCUT2D eigenvalue weighted by atomic mass is 9.87. The fourth-order valence-electron chi connectivity index (χ4n) is 2.01. The van der Waals surface area contributed by atoms with Crippen molar-refractivity contribution < 1.29 is 9.53 Å². The first-order valence-corrected chi connectivity index (χ1v) is 6.02. The molecule has 0 N–H and O–H groups in total. The summed E-state index contributed by atoms with van der Waals surface area (Å²) >= 11 is 0. The van der Waals surface area contributed by atoms with Crippen molar-refractivity contribution in [1.29, 1.82) is 0 Å². The van der Waals surface area contributed by atoms with Crippen molar-refractivity contribution in [3.63, 3.8) is 0 Å². The zero-order valence-electron chi connectivity index (χ0n) is 10.7. The molecule has 2 rings (SSSR count). The van der Waals surface area contributed by atoms with Gasteiger partial charge in [0.25, 0.3) is 0 Å². The van der Waals surface area contributed by atoms with Gasteiger partial charge in [0.1, 0.15) is 0 Å². The Morgan fingerprint density at radius 2 is 1.94 bits per heavy atom. The molecule has 1 amide bonds. The number of carbonyl (C=O) groups excluding carboxylic acids is 1. The number of hydrogen-bond acceptors (Lipinski definition) is 2. The molecule has 3 nitrogen and oxygen atoms in total. The molecule has 1 aromatic carbocycles. The molecule has 3 heteroatoms. The Morgan fingerprint density at radius 3 is 2.35 bits per heavy atom. The molecular formula is C14H19NO2. The van der Waals surface area contributed by atoms with E-state index in [2.05, 4.69) is 19.1 Å². The van der Waals surface area contributed by atoms with Gasteiger partial charge in [-0.1, -0.05) is 19.1 Å². The van der Waals surface area contributed by atoms with Gasteiger partial charge in [-0.2, -0.15) is 0 Å². The third-order valence-corrected chi connectivity index (χ3v) is 3.39. The van der Waals surface area contributed by atoms with Gasteiger partial charge in [0.2, 0.25) is 5.91 Å². The Morgan fingerprint density at radius 1 is 1.35 bits per heavy atom. The minimum atomic E-state index is -0.335. The van der Waals surface area contributed by atoms with Crippen molar-refractivity contribution in [3.8, 4) is 0 Å². The molecule has 1 aromatic rings. The fourth-order valence-corrected chi connectivity index (χ4v) is 2.01. The number of rotatable bonds is 3. The summed E-state index contributed by atoms with van der Waals surface area (Å²) in [4.78, 5) is 14.0. The molecule has 1 heterocycles. The van der Waals surface area contributed by atoms with Crippen LogP contribution in [-0.4, -0.2) is 26.2 Å². The van der Waals surface area contributed by atoms with E-state index in [1.54, 1.807) is 4.90 Å². The van der Waals surface area contributed by atoms with Gasteiger partial charge in [0.15, 0.2) is 0 Å². The van der Waals surface area contributed by atoms with Crippen molar-refractivity contribution in [3.05, 3.63) is 29.8 Å². The van der Waals surface area contributed by atoms with Crippen LogP contribution in [0.15, 0.2) is 24.3 Å². The highest BCUT2D eigenvalue weighted by Gasteiger charge is 2.43. The largest absolute Gasteiger partial charge is 0.379 e. The molecule has 0 bridgehead atoms. The predicted molar refractivity (Wildman–Crippen MR) is 68.2 cm³/mol. The zero-order valence-corrected chi connectivity index (χ0v) is 10.7. The Kier molecular flexibility index (Phi) is 3.20. The van der Waals surface area contributed by atoms with Gasteiger partial charge >= 0.3 is 0 Å². The second-order valence-corrected chi connectivity index (χ2v) is 4.94. The SMILES string of the molecule is CCc1ccc(N(C)C(=O)C2(C)COC2)cc1. The second-order valence-electron chi connectivity index (χ2n) is 4.94. The highest BCUT2D eigenvalue weighted by molar-refractivity contribution is 5.97. The Bertz CT molecular complexity index is 407. The third kappa shape index (κ3) is 2.20. The average Bonchev–Trinajstić information content (AvgIpc) is 2.34. The van der Waals surface area contributed by atoms with Gasteiger partial charge in [-0.15, -0.1) is 0 Å². The highest BCUT2D eigenvalue weighted by Crippen LogP contribution is 2.30. The summed E-state index contributed by atoms with van der Waals surface area (Å²) in [7, 11) is 1.83. The maximum absolute atomic E-state index is 12.2. The van der Waals surface area contributed by atoms with E-state index in [0.29, 0.717) is 13.2 Å². The number of nitrogens with zero attached hydrogens (tertiary/aromatic N) is 1. The minimum absolute atomic E-state index is 0.132. The van der Waals surface area contributed by atoms with Gasteiger partial charge in [-0.25, -0.2) is 0 Å². The molecule has 1 aliphatic rings. The van der Waals surface area contributed by atoms with Crippen LogP contribution >= 0.6 is 0 Å². The van der Waals surface area contributed by atoms with E-state index in [4.69, 9.17) is 4.74 Å². The van der Waals surface area contributed by atoms with Crippen LogP contribution in [0.5, 0.6) is 0 Å². The first kappa shape index (κ1) is 12.1. The molecule has 0 unspecified atom stereocenters. The molecule has 0 radical (unpaired) electrons. The zero-order chi connectivity index (χ0) is 12.5. The lowest BCUT2D eigenvalue weighted by molar-refractivity contribution is -0.154. The standard InChI is InChI=1S/C14H19NO2/c1-4-11-5-7-12(8-6-11)15(3)13(16)14(2)9-17-10-14/h5-8H,4,9-10H2,1-3H3. The van der Waals surface area contributed by atoms with E-state index in [9.17, 15) is 4.79 Å². The van der Waals surface area contributed by atoms with Crippen molar-refractivity contribution in [2.45, 2.75) is 20.3 Å². The summed E-state index contributed by atoms with van der Waals surface area (Å²) in [5.74, 6) is 0.132. The predicted octanol–water partition coefficient (Wildman–Crippen LogP) is 2.25. The molecule has 0 saturated carbocycles. The first-order chi connectivity index (χ1) is 8.07. The van der Waals surface area contributed by atoms with Gasteiger partial charge in [-0.05, 0) is 31.0 Å². The molecular weight excluding hydrogens is 214 g/mol. The van der Waals surface area contributed by atoms with Gasteiger partial charge in [-0.3, -0.25) is 4.79 Å². The molecule has 1 fully saturated rings. The van der Waals surface area contributed by atoms with E-state index in [1.165, 1.54) is 5.56 Å². The quantitative estimate of drug-likeness (QED) is 0.801. The molecule has 0 spiro atoms. The number of hydrogen-bond donors (Lipinski definition) is 0. The van der Waals surface area contributed by atoms with Crippen molar-refractivity contribution in [2.24, 2.45) is 5.41 Å². The Hall–Kier alpha value is -1.35. The summed E-state index contributed by atoms with van der Waals surface area (Å²) in [5, 5.41) is 0. The van der Waals surface area contributed by atoms with E-state index >= 15 is 0 Å². The summed E-state index contributed by atoms with van der Waals surface area (Å²) in [5.41, 5.74) is 1.89. The average molecular weight is 233 g/mol. The Balaban J connectivity index is 2.13. The smallest absolute Gasteiger partial charge is 0.237 e. The summed E-state index contributed by atoms with van der Waals surface area (Å²) in [6.45, 7) is 5.14. The normalized spacial score (nSPS) is 17.4. The maximum Gasteiger partial charge on any atom is 0.237 e. The minimum Gasteiger partial charge on any atom is -0.379 e. The molecule has 1 aliphatic heterocycles. The topological polar surface area (TPSA) is 29.5 Å². The van der Waals surface area contributed by atoms with E-state index < -0.39 is 0 Å². The second kappa shape index (κ2) is 4.49. The molecule has 17 heavy (non-hydrogen) atoms. The van der Waals surface area contributed by atoms with Crippen molar-refractivity contribution in [1.82, 2.24) is 0 Å². The molecule has 0 atom stereocenters. The van der Waals surface area contributed by atoms with Crippen LogP contribution in [0.1, 0.15) is 19.4 Å². The van der Waals surface area contributed by atoms with Crippen LogP contribution in [-0.2, 0) is 16.0 Å². The molecule has 0 aliphatic carbocycles. The van der Waals surface area contributed by atoms with Crippen LogP contribution in [0.2, 0.25) is 0 Å². The number of benzene rings is 1. The molecule has 1 saturated heterocycles. The lowest BCUT2D eigenvalue weighted by Crippen LogP contribution is -2.52. The molecule has 0 aromatic heterocycles. The van der Waals surface area contributed by atoms with Gasteiger partial charge < -0.3 is 9.64 Å². The summed E-state index contributed by atoms with van der Waals surface area (Å²) < 4.78 is 5.13.